The van der Waals surface area contributed by atoms with Gasteiger partial charge in [-0.1, -0.05) is 19.1 Å². The summed E-state index contributed by atoms with van der Waals surface area (Å²) < 4.78 is 0. The number of carbonyl (C=O) groups is 1. The second-order valence-electron chi connectivity index (χ2n) is 10.0. The zero-order valence-electron chi connectivity index (χ0n) is 20.3. The molecule has 7 heteroatoms. The Labute approximate surface area is 201 Å². The number of anilines is 2. The largest absolute Gasteiger partial charge is 0.399 e. The van der Waals surface area contributed by atoms with Crippen molar-refractivity contribution in [1.82, 2.24) is 20.1 Å². The molecule has 0 bridgehead atoms. The Morgan fingerprint density at radius 2 is 1.79 bits per heavy atom. The van der Waals surface area contributed by atoms with Crippen molar-refractivity contribution in [2.45, 2.75) is 46.0 Å². The molecule has 2 fully saturated rings. The molecule has 0 spiro atoms. The summed E-state index contributed by atoms with van der Waals surface area (Å²) in [6.45, 7) is 9.78. The van der Waals surface area contributed by atoms with E-state index in [0.717, 1.165) is 72.9 Å². The zero-order valence-corrected chi connectivity index (χ0v) is 20.3. The molecule has 1 atom stereocenters. The van der Waals surface area contributed by atoms with Gasteiger partial charge in [-0.05, 0) is 80.3 Å². The summed E-state index contributed by atoms with van der Waals surface area (Å²) >= 11 is 0. The van der Waals surface area contributed by atoms with Crippen molar-refractivity contribution < 1.29 is 4.79 Å². The summed E-state index contributed by atoms with van der Waals surface area (Å²) in [6.07, 6.45) is 3.10. The molecule has 3 aromatic rings. The number of rotatable bonds is 4. The number of H-pyrrole nitrogens is 1. The maximum Gasteiger partial charge on any atom is 0.254 e. The summed E-state index contributed by atoms with van der Waals surface area (Å²) in [5, 5.41) is 7.39. The SMILES string of the molecule is Cc1nc(-c2cc(C(=O)N3CCC(c4ccc(N)cc4)CC3)c(C)cc2N2CCC(C)C2)n[nH]1. The topological polar surface area (TPSA) is 91.1 Å². The van der Waals surface area contributed by atoms with E-state index in [-0.39, 0.29) is 5.91 Å². The molecule has 2 aliphatic rings. The van der Waals surface area contributed by atoms with Crippen LogP contribution < -0.4 is 10.6 Å². The van der Waals surface area contributed by atoms with Gasteiger partial charge in [0.2, 0.25) is 0 Å². The lowest BCUT2D eigenvalue weighted by molar-refractivity contribution is 0.0712. The first-order valence-corrected chi connectivity index (χ1v) is 12.3. The van der Waals surface area contributed by atoms with Gasteiger partial charge in [0.15, 0.2) is 5.82 Å². The van der Waals surface area contributed by atoms with Crippen LogP contribution in [0.5, 0.6) is 0 Å². The standard InChI is InChI=1S/C27H34N6O/c1-17-8-11-33(16-17)25-14-18(2)23(15-24(25)26-29-19(3)30-31-26)27(34)32-12-9-21(10-13-32)20-4-6-22(28)7-5-20/h4-7,14-15,17,21H,8-13,16,28H2,1-3H3,(H,29,30,31). The smallest absolute Gasteiger partial charge is 0.254 e. The number of piperidine rings is 1. The van der Waals surface area contributed by atoms with Crippen LogP contribution in [0.3, 0.4) is 0 Å². The van der Waals surface area contributed by atoms with E-state index in [1.54, 1.807) is 0 Å². The third-order valence-electron chi connectivity index (χ3n) is 7.37. The van der Waals surface area contributed by atoms with Crippen LogP contribution in [-0.2, 0) is 0 Å². The number of aromatic amines is 1. The fraction of sp³-hybridized carbons (Fsp3) is 0.444. The van der Waals surface area contributed by atoms with Crippen molar-refractivity contribution in [2.24, 2.45) is 5.92 Å². The lowest BCUT2D eigenvalue weighted by Crippen LogP contribution is -2.38. The van der Waals surface area contributed by atoms with Crippen LogP contribution in [0.1, 0.15) is 59.4 Å². The molecule has 34 heavy (non-hydrogen) atoms. The van der Waals surface area contributed by atoms with Gasteiger partial charge >= 0.3 is 0 Å². The molecule has 0 radical (unpaired) electrons. The van der Waals surface area contributed by atoms with Gasteiger partial charge in [-0.25, -0.2) is 4.98 Å². The van der Waals surface area contributed by atoms with Crippen LogP contribution in [0, 0.1) is 19.8 Å². The van der Waals surface area contributed by atoms with E-state index in [4.69, 9.17) is 5.73 Å². The minimum Gasteiger partial charge on any atom is -0.399 e. The van der Waals surface area contributed by atoms with Crippen LogP contribution in [0.4, 0.5) is 11.4 Å². The first kappa shape index (κ1) is 22.4. The molecule has 2 aromatic carbocycles. The summed E-state index contributed by atoms with van der Waals surface area (Å²) in [5.41, 5.74) is 11.8. The van der Waals surface area contributed by atoms with Gasteiger partial charge in [-0.2, -0.15) is 5.10 Å². The van der Waals surface area contributed by atoms with E-state index >= 15 is 0 Å². The Morgan fingerprint density at radius 3 is 2.41 bits per heavy atom. The molecule has 0 aliphatic carbocycles. The Hall–Kier alpha value is -3.35. The molecule has 3 heterocycles. The predicted octanol–water partition coefficient (Wildman–Crippen LogP) is 4.54. The molecule has 2 aliphatic heterocycles. The van der Waals surface area contributed by atoms with Gasteiger partial charge in [0.25, 0.3) is 5.91 Å². The predicted molar refractivity (Wildman–Crippen MR) is 136 cm³/mol. The first-order valence-electron chi connectivity index (χ1n) is 12.3. The highest BCUT2D eigenvalue weighted by Crippen LogP contribution is 2.36. The molecular weight excluding hydrogens is 424 g/mol. The maximum absolute atomic E-state index is 13.6. The highest BCUT2D eigenvalue weighted by Gasteiger charge is 2.28. The molecule has 7 nitrogen and oxygen atoms in total. The van der Waals surface area contributed by atoms with Crippen molar-refractivity contribution >= 4 is 17.3 Å². The molecule has 1 amide bonds. The van der Waals surface area contributed by atoms with Crippen LogP contribution >= 0.6 is 0 Å². The quantitative estimate of drug-likeness (QED) is 0.560. The number of nitrogen functional groups attached to an aromatic ring is 1. The van der Waals surface area contributed by atoms with Gasteiger partial charge in [0.05, 0.1) is 0 Å². The summed E-state index contributed by atoms with van der Waals surface area (Å²) in [6, 6.07) is 12.3. The van der Waals surface area contributed by atoms with Gasteiger partial charge in [0, 0.05) is 48.7 Å². The number of carbonyl (C=O) groups excluding carboxylic acids is 1. The Bertz CT molecular complexity index is 1180. The lowest BCUT2D eigenvalue weighted by Gasteiger charge is -2.33. The molecule has 0 saturated carbocycles. The number of aryl methyl sites for hydroxylation is 2. The number of benzene rings is 2. The normalized spacial score (nSPS) is 19.1. The Kier molecular flexibility index (Phi) is 6.02. The van der Waals surface area contributed by atoms with Gasteiger partial charge < -0.3 is 15.5 Å². The van der Waals surface area contributed by atoms with Gasteiger partial charge in [-0.15, -0.1) is 0 Å². The number of aromatic nitrogens is 3. The maximum atomic E-state index is 13.6. The molecule has 2 saturated heterocycles. The van der Waals surface area contributed by atoms with Crippen molar-refractivity contribution in [3.05, 3.63) is 58.9 Å². The zero-order chi connectivity index (χ0) is 23.8. The summed E-state index contributed by atoms with van der Waals surface area (Å²) in [7, 11) is 0. The fourth-order valence-electron chi connectivity index (χ4n) is 5.34. The summed E-state index contributed by atoms with van der Waals surface area (Å²) in [4.78, 5) is 22.6. The minimum absolute atomic E-state index is 0.100. The van der Waals surface area contributed by atoms with Gasteiger partial charge in [0.1, 0.15) is 5.82 Å². The van der Waals surface area contributed by atoms with E-state index in [2.05, 4.69) is 45.2 Å². The van der Waals surface area contributed by atoms with E-state index < -0.39 is 0 Å². The number of likely N-dealkylation sites (tertiary alicyclic amines) is 1. The molecule has 178 valence electrons. The highest BCUT2D eigenvalue weighted by atomic mass is 16.2. The number of hydrogen-bond acceptors (Lipinski definition) is 5. The molecule has 1 unspecified atom stereocenters. The lowest BCUT2D eigenvalue weighted by atomic mass is 9.89. The minimum atomic E-state index is 0.100. The van der Waals surface area contributed by atoms with Crippen LogP contribution in [0.15, 0.2) is 36.4 Å². The molecule has 5 rings (SSSR count). The summed E-state index contributed by atoms with van der Waals surface area (Å²) in [5.74, 6) is 2.66. The fourth-order valence-corrected chi connectivity index (χ4v) is 5.34. The first-order chi connectivity index (χ1) is 16.4. The Balaban J connectivity index is 1.40. The monoisotopic (exact) mass is 458 g/mol. The van der Waals surface area contributed by atoms with Crippen molar-refractivity contribution in [3.8, 4) is 11.4 Å². The number of nitrogens with zero attached hydrogens (tertiary/aromatic N) is 4. The van der Waals surface area contributed by atoms with Crippen LogP contribution in [0.25, 0.3) is 11.4 Å². The third kappa shape index (κ3) is 4.39. The number of amides is 1. The van der Waals surface area contributed by atoms with Crippen LogP contribution in [-0.4, -0.2) is 52.2 Å². The molecule has 3 N–H and O–H groups in total. The van der Waals surface area contributed by atoms with E-state index in [9.17, 15) is 4.79 Å². The van der Waals surface area contributed by atoms with E-state index in [1.165, 1.54) is 12.0 Å². The number of nitrogens with one attached hydrogen (secondary N) is 1. The highest BCUT2D eigenvalue weighted by molar-refractivity contribution is 5.98. The number of nitrogens with two attached hydrogens (primary N) is 1. The average molecular weight is 459 g/mol. The third-order valence-corrected chi connectivity index (χ3v) is 7.37. The van der Waals surface area contributed by atoms with E-state index in [0.29, 0.717) is 17.7 Å². The number of hydrogen-bond donors (Lipinski definition) is 2. The van der Waals surface area contributed by atoms with Crippen molar-refractivity contribution in [3.63, 3.8) is 0 Å². The van der Waals surface area contributed by atoms with Crippen molar-refractivity contribution in [1.29, 1.82) is 0 Å². The van der Waals surface area contributed by atoms with Gasteiger partial charge in [-0.3, -0.25) is 9.89 Å². The second-order valence-corrected chi connectivity index (χ2v) is 10.0. The van der Waals surface area contributed by atoms with E-state index in [1.807, 2.05) is 36.9 Å². The molecule has 1 aromatic heterocycles. The van der Waals surface area contributed by atoms with Crippen LogP contribution in [0.2, 0.25) is 0 Å². The average Bonchev–Trinajstić information content (AvgIpc) is 3.47. The second kappa shape index (κ2) is 9.12. The molecular formula is C27H34N6O. The van der Waals surface area contributed by atoms with Crippen molar-refractivity contribution in [2.75, 3.05) is 36.8 Å². The Morgan fingerprint density at radius 1 is 1.06 bits per heavy atom.